The fourth-order valence-electron chi connectivity index (χ4n) is 2.96. The lowest BCUT2D eigenvalue weighted by molar-refractivity contribution is -0.146. The molecule has 0 radical (unpaired) electrons. The van der Waals surface area contributed by atoms with E-state index in [-0.39, 0.29) is 17.9 Å². The summed E-state index contributed by atoms with van der Waals surface area (Å²) in [6, 6.07) is 0.0582. The van der Waals surface area contributed by atoms with Crippen molar-refractivity contribution in [2.24, 2.45) is 23.7 Å². The van der Waals surface area contributed by atoms with Crippen LogP contribution in [0.1, 0.15) is 33.6 Å². The lowest BCUT2D eigenvalue weighted by atomic mass is 9.94. The van der Waals surface area contributed by atoms with Gasteiger partial charge < -0.3 is 15.3 Å². The largest absolute Gasteiger partial charge is 0.481 e. The molecule has 1 fully saturated rings. The van der Waals surface area contributed by atoms with Crippen molar-refractivity contribution in [3.05, 3.63) is 0 Å². The maximum atomic E-state index is 12.4. The van der Waals surface area contributed by atoms with E-state index in [9.17, 15) is 14.7 Å². The third-order valence-corrected chi connectivity index (χ3v) is 4.15. The van der Waals surface area contributed by atoms with Gasteiger partial charge in [0, 0.05) is 12.6 Å². The van der Waals surface area contributed by atoms with Gasteiger partial charge in [0.15, 0.2) is 0 Å². The summed E-state index contributed by atoms with van der Waals surface area (Å²) in [5.74, 6) is -1.23. The Morgan fingerprint density at radius 1 is 1.25 bits per heavy atom. The molecule has 1 amide bonds. The fourth-order valence-corrected chi connectivity index (χ4v) is 2.96. The zero-order valence-corrected chi connectivity index (χ0v) is 13.2. The first-order chi connectivity index (χ1) is 9.22. The number of likely N-dealkylation sites (N-methyl/N-ethyl adjacent to an activating group) is 1. The molecule has 0 aliphatic heterocycles. The molecule has 116 valence electrons. The molecule has 5 nitrogen and oxygen atoms in total. The van der Waals surface area contributed by atoms with Crippen molar-refractivity contribution in [3.63, 3.8) is 0 Å². The van der Waals surface area contributed by atoms with Gasteiger partial charge in [-0.05, 0) is 38.8 Å². The van der Waals surface area contributed by atoms with Crippen LogP contribution in [0.3, 0.4) is 0 Å². The average Bonchev–Trinajstić information content (AvgIpc) is 2.69. The molecule has 1 rings (SSSR count). The van der Waals surface area contributed by atoms with Crippen molar-refractivity contribution >= 4 is 11.9 Å². The molecule has 0 spiro atoms. The Morgan fingerprint density at radius 3 is 2.25 bits per heavy atom. The van der Waals surface area contributed by atoms with E-state index in [1.807, 2.05) is 25.9 Å². The maximum Gasteiger partial charge on any atom is 0.307 e. The van der Waals surface area contributed by atoms with Crippen molar-refractivity contribution in [2.45, 2.75) is 39.7 Å². The normalized spacial score (nSPS) is 27.9. The van der Waals surface area contributed by atoms with Crippen LogP contribution in [0.15, 0.2) is 0 Å². The Labute approximate surface area is 121 Å². The summed E-state index contributed by atoms with van der Waals surface area (Å²) in [7, 11) is 3.94. The Hall–Kier alpha value is -1.10. The molecular formula is C15H28N2O3. The van der Waals surface area contributed by atoms with Crippen LogP contribution in [0.5, 0.6) is 0 Å². The lowest BCUT2D eigenvalue weighted by Crippen LogP contribution is -2.48. The van der Waals surface area contributed by atoms with Gasteiger partial charge in [-0.1, -0.05) is 20.8 Å². The first-order valence-corrected chi connectivity index (χ1v) is 7.40. The smallest absolute Gasteiger partial charge is 0.307 e. The minimum absolute atomic E-state index is 0.0582. The van der Waals surface area contributed by atoms with Gasteiger partial charge in [0.05, 0.1) is 11.8 Å². The van der Waals surface area contributed by atoms with Crippen LogP contribution >= 0.6 is 0 Å². The highest BCUT2D eigenvalue weighted by Crippen LogP contribution is 2.36. The van der Waals surface area contributed by atoms with Gasteiger partial charge in [-0.15, -0.1) is 0 Å². The molecule has 1 aliphatic rings. The molecule has 0 aromatic heterocycles. The third kappa shape index (κ3) is 4.47. The van der Waals surface area contributed by atoms with Crippen molar-refractivity contribution in [3.8, 4) is 0 Å². The number of aliphatic carboxylic acids is 1. The standard InChI is InChI=1S/C15H28N2O3/c1-9(2)13(8-17(4)5)16-14(18)11-6-10(3)7-12(11)15(19)20/h9-13H,6-8H2,1-5H3,(H,16,18)(H,19,20). The predicted molar refractivity (Wildman–Crippen MR) is 78.3 cm³/mol. The minimum atomic E-state index is -0.844. The van der Waals surface area contributed by atoms with Crippen LogP contribution < -0.4 is 5.32 Å². The number of amides is 1. The van der Waals surface area contributed by atoms with E-state index in [1.165, 1.54) is 0 Å². The van der Waals surface area contributed by atoms with Crippen molar-refractivity contribution in [2.75, 3.05) is 20.6 Å². The number of hydrogen-bond donors (Lipinski definition) is 2. The second kappa shape index (κ2) is 7.07. The predicted octanol–water partition coefficient (Wildman–Crippen LogP) is 1.44. The van der Waals surface area contributed by atoms with Crippen LogP contribution in [-0.4, -0.2) is 48.6 Å². The Kier molecular flexibility index (Phi) is 5.99. The summed E-state index contributed by atoms with van der Waals surface area (Å²) in [6.07, 6.45) is 1.28. The van der Waals surface area contributed by atoms with Crippen molar-refractivity contribution in [1.29, 1.82) is 0 Å². The minimum Gasteiger partial charge on any atom is -0.481 e. The Balaban J connectivity index is 2.70. The van der Waals surface area contributed by atoms with Crippen LogP contribution in [0.25, 0.3) is 0 Å². The molecule has 4 unspecified atom stereocenters. The molecule has 1 saturated carbocycles. The quantitative estimate of drug-likeness (QED) is 0.774. The van der Waals surface area contributed by atoms with Gasteiger partial charge in [0.25, 0.3) is 0 Å². The summed E-state index contributed by atoms with van der Waals surface area (Å²) in [6.45, 7) is 6.92. The number of hydrogen-bond acceptors (Lipinski definition) is 3. The molecular weight excluding hydrogens is 256 g/mol. The molecule has 2 N–H and O–H groups in total. The van der Waals surface area contributed by atoms with E-state index in [0.29, 0.717) is 24.7 Å². The van der Waals surface area contributed by atoms with E-state index >= 15 is 0 Å². The zero-order valence-electron chi connectivity index (χ0n) is 13.2. The first-order valence-electron chi connectivity index (χ1n) is 7.40. The monoisotopic (exact) mass is 284 g/mol. The van der Waals surface area contributed by atoms with E-state index in [4.69, 9.17) is 0 Å². The zero-order chi connectivity index (χ0) is 15.4. The van der Waals surface area contributed by atoms with Gasteiger partial charge in [-0.3, -0.25) is 9.59 Å². The third-order valence-electron chi connectivity index (χ3n) is 4.15. The molecule has 0 saturated heterocycles. The number of nitrogens with one attached hydrogen (secondary N) is 1. The van der Waals surface area contributed by atoms with E-state index in [0.717, 1.165) is 6.54 Å². The summed E-state index contributed by atoms with van der Waals surface area (Å²) < 4.78 is 0. The SMILES string of the molecule is CC1CC(C(=O)O)C(C(=O)NC(CN(C)C)C(C)C)C1. The molecule has 0 aromatic carbocycles. The summed E-state index contributed by atoms with van der Waals surface area (Å²) in [5, 5.41) is 12.3. The molecule has 20 heavy (non-hydrogen) atoms. The van der Waals surface area contributed by atoms with Crippen LogP contribution in [0.2, 0.25) is 0 Å². The second-order valence-corrected chi connectivity index (χ2v) is 6.75. The lowest BCUT2D eigenvalue weighted by Gasteiger charge is -2.27. The highest BCUT2D eigenvalue weighted by Gasteiger charge is 2.41. The van der Waals surface area contributed by atoms with Crippen LogP contribution in [0.4, 0.5) is 0 Å². The van der Waals surface area contributed by atoms with Gasteiger partial charge >= 0.3 is 5.97 Å². The highest BCUT2D eigenvalue weighted by molar-refractivity contribution is 5.85. The van der Waals surface area contributed by atoms with Gasteiger partial charge in [-0.2, -0.15) is 0 Å². The van der Waals surface area contributed by atoms with Crippen LogP contribution in [-0.2, 0) is 9.59 Å². The first kappa shape index (κ1) is 17.0. The number of carboxylic acid groups (broad SMARTS) is 1. The number of nitrogens with zero attached hydrogens (tertiary/aromatic N) is 1. The average molecular weight is 284 g/mol. The number of rotatable bonds is 6. The molecule has 0 heterocycles. The van der Waals surface area contributed by atoms with Gasteiger partial charge in [-0.25, -0.2) is 0 Å². The molecule has 1 aliphatic carbocycles. The fraction of sp³-hybridized carbons (Fsp3) is 0.867. The van der Waals surface area contributed by atoms with Gasteiger partial charge in [0.2, 0.25) is 5.91 Å². The molecule has 5 heteroatoms. The second-order valence-electron chi connectivity index (χ2n) is 6.75. The number of carbonyl (C=O) groups excluding carboxylic acids is 1. The number of carbonyl (C=O) groups is 2. The van der Waals surface area contributed by atoms with Crippen molar-refractivity contribution < 1.29 is 14.7 Å². The Bertz CT molecular complexity index is 355. The molecule has 0 bridgehead atoms. The molecule has 4 atom stereocenters. The summed E-state index contributed by atoms with van der Waals surface area (Å²) in [4.78, 5) is 25.7. The van der Waals surface area contributed by atoms with E-state index in [2.05, 4.69) is 19.2 Å². The number of carboxylic acids is 1. The Morgan fingerprint density at radius 2 is 1.80 bits per heavy atom. The maximum absolute atomic E-state index is 12.4. The van der Waals surface area contributed by atoms with Gasteiger partial charge in [0.1, 0.15) is 0 Å². The van der Waals surface area contributed by atoms with E-state index in [1.54, 1.807) is 0 Å². The van der Waals surface area contributed by atoms with Crippen molar-refractivity contribution in [1.82, 2.24) is 10.2 Å². The van der Waals surface area contributed by atoms with Crippen LogP contribution in [0, 0.1) is 23.7 Å². The summed E-state index contributed by atoms with van der Waals surface area (Å²) >= 11 is 0. The summed E-state index contributed by atoms with van der Waals surface area (Å²) in [5.41, 5.74) is 0. The topological polar surface area (TPSA) is 69.6 Å². The molecule has 0 aromatic rings. The van der Waals surface area contributed by atoms with E-state index < -0.39 is 11.9 Å². The highest BCUT2D eigenvalue weighted by atomic mass is 16.4.